The van der Waals surface area contributed by atoms with Gasteiger partial charge in [-0.15, -0.1) is 11.3 Å². The van der Waals surface area contributed by atoms with Crippen LogP contribution in [0, 0.1) is 16.7 Å². The van der Waals surface area contributed by atoms with Crippen molar-refractivity contribution in [2.75, 3.05) is 7.05 Å². The predicted molar refractivity (Wildman–Crippen MR) is 113 cm³/mol. The average Bonchev–Trinajstić information content (AvgIpc) is 3.11. The van der Waals surface area contributed by atoms with Crippen molar-refractivity contribution in [2.24, 2.45) is 0 Å². The van der Waals surface area contributed by atoms with Gasteiger partial charge < -0.3 is 5.32 Å². The number of nitrogens with zero attached hydrogens (tertiary/aromatic N) is 2. The Balaban J connectivity index is 1.82. The van der Waals surface area contributed by atoms with E-state index in [1.807, 2.05) is 37.3 Å². The van der Waals surface area contributed by atoms with Gasteiger partial charge in [-0.05, 0) is 41.6 Å². The van der Waals surface area contributed by atoms with Crippen LogP contribution in [0.3, 0.4) is 0 Å². The highest BCUT2D eigenvalue weighted by atomic mass is 35.5. The second kappa shape index (κ2) is 6.62. The molecule has 1 aromatic heterocycles. The van der Waals surface area contributed by atoms with Gasteiger partial charge >= 0.3 is 0 Å². The zero-order chi connectivity index (χ0) is 20.1. The molecule has 0 spiro atoms. The Morgan fingerprint density at radius 2 is 2.11 bits per heavy atom. The van der Waals surface area contributed by atoms with Crippen LogP contribution < -0.4 is 5.32 Å². The maximum Gasteiger partial charge on any atom is 0.231 e. The molecule has 1 atom stereocenters. The number of nitriles is 1. The molecule has 1 saturated heterocycles. The molecule has 0 unspecified atom stereocenters. The van der Waals surface area contributed by atoms with Crippen LogP contribution in [0.25, 0.3) is 21.2 Å². The van der Waals surface area contributed by atoms with E-state index in [1.165, 1.54) is 4.90 Å². The molecule has 1 fully saturated rings. The number of halogens is 1. The fourth-order valence-electron chi connectivity index (χ4n) is 3.42. The first kappa shape index (κ1) is 18.5. The maximum atomic E-state index is 12.3. The van der Waals surface area contributed by atoms with E-state index >= 15 is 0 Å². The molecular weight excluding hydrogens is 392 g/mol. The van der Waals surface area contributed by atoms with Crippen LogP contribution in [0.5, 0.6) is 0 Å². The lowest BCUT2D eigenvalue weighted by Crippen LogP contribution is -2.57. The van der Waals surface area contributed by atoms with Crippen molar-refractivity contribution in [3.63, 3.8) is 0 Å². The van der Waals surface area contributed by atoms with Crippen LogP contribution in [0.15, 0.2) is 42.5 Å². The third kappa shape index (κ3) is 2.93. The van der Waals surface area contributed by atoms with Crippen molar-refractivity contribution in [3.8, 4) is 17.2 Å². The number of amides is 1. The molecule has 2 heterocycles. The summed E-state index contributed by atoms with van der Waals surface area (Å²) in [6, 6.07) is 15.6. The predicted octanol–water partition coefficient (Wildman–Crippen LogP) is 4.70. The van der Waals surface area contributed by atoms with Gasteiger partial charge in [0.25, 0.3) is 0 Å². The number of benzene rings is 2. The lowest BCUT2D eigenvalue weighted by molar-refractivity contribution is -0.129. The number of carbonyl (C=O) groups is 1. The molecule has 2 N–H and O–H groups in total. The Bertz CT molecular complexity index is 1160. The highest BCUT2D eigenvalue weighted by molar-refractivity contribution is 7.19. The van der Waals surface area contributed by atoms with E-state index in [4.69, 9.17) is 22.3 Å². The second-order valence-electron chi connectivity index (χ2n) is 7.08. The van der Waals surface area contributed by atoms with E-state index < -0.39 is 5.54 Å². The van der Waals surface area contributed by atoms with Gasteiger partial charge in [0.1, 0.15) is 6.07 Å². The molecular formula is C21H17ClN4OS. The van der Waals surface area contributed by atoms with E-state index in [9.17, 15) is 4.79 Å². The van der Waals surface area contributed by atoms with Crippen LogP contribution in [0.2, 0.25) is 5.02 Å². The molecule has 28 heavy (non-hydrogen) atoms. The summed E-state index contributed by atoms with van der Waals surface area (Å²) in [5.41, 5.74) is 1.79. The number of fused-ring (bicyclic) bond motifs is 1. The smallest absolute Gasteiger partial charge is 0.231 e. The van der Waals surface area contributed by atoms with Crippen LogP contribution >= 0.6 is 22.9 Å². The van der Waals surface area contributed by atoms with E-state index in [2.05, 4.69) is 17.5 Å². The van der Waals surface area contributed by atoms with Gasteiger partial charge in [-0.3, -0.25) is 15.1 Å². The first-order valence-electron chi connectivity index (χ1n) is 8.69. The van der Waals surface area contributed by atoms with Crippen LogP contribution in [0.1, 0.15) is 23.8 Å². The zero-order valence-corrected chi connectivity index (χ0v) is 16.9. The lowest BCUT2D eigenvalue weighted by atomic mass is 9.92. The minimum atomic E-state index is -0.621. The summed E-state index contributed by atoms with van der Waals surface area (Å²) in [6.07, 6.45) is 0.288. The minimum Gasteiger partial charge on any atom is -0.345 e. The number of hydrogen-bond acceptors (Lipinski definition) is 4. The minimum absolute atomic E-state index is 0.0807. The third-order valence-electron chi connectivity index (χ3n) is 5.10. The zero-order valence-electron chi connectivity index (χ0n) is 15.3. The summed E-state index contributed by atoms with van der Waals surface area (Å²) in [7, 11) is 1.61. The summed E-state index contributed by atoms with van der Waals surface area (Å²) < 4.78 is 1.08. The van der Waals surface area contributed by atoms with Gasteiger partial charge in [-0.25, -0.2) is 0 Å². The molecule has 5 nitrogen and oxygen atoms in total. The number of nitrogens with one attached hydrogen (secondary N) is 2. The Kier molecular flexibility index (Phi) is 4.37. The van der Waals surface area contributed by atoms with Gasteiger partial charge in [0.15, 0.2) is 5.96 Å². The van der Waals surface area contributed by atoms with Crippen molar-refractivity contribution in [2.45, 2.75) is 18.9 Å². The molecule has 0 bridgehead atoms. The Morgan fingerprint density at radius 1 is 1.32 bits per heavy atom. The molecule has 0 saturated carbocycles. The highest BCUT2D eigenvalue weighted by Gasteiger charge is 2.39. The van der Waals surface area contributed by atoms with E-state index in [0.29, 0.717) is 10.6 Å². The van der Waals surface area contributed by atoms with Gasteiger partial charge in [0.05, 0.1) is 22.5 Å². The topological polar surface area (TPSA) is 80.0 Å². The van der Waals surface area contributed by atoms with Crippen molar-refractivity contribution in [1.29, 1.82) is 10.7 Å². The molecule has 0 radical (unpaired) electrons. The second-order valence-corrected chi connectivity index (χ2v) is 8.54. The number of thiophene rings is 1. The first-order valence-corrected chi connectivity index (χ1v) is 9.88. The molecule has 2 aromatic carbocycles. The molecule has 7 heteroatoms. The molecule has 1 aliphatic rings. The maximum absolute atomic E-state index is 12.3. The Hall–Kier alpha value is -2.88. The van der Waals surface area contributed by atoms with Crippen molar-refractivity contribution >= 4 is 44.9 Å². The fourth-order valence-corrected chi connectivity index (χ4v) is 4.94. The Labute approximate surface area is 171 Å². The molecule has 0 aliphatic carbocycles. The lowest BCUT2D eigenvalue weighted by Gasteiger charge is -2.38. The Morgan fingerprint density at radius 3 is 2.79 bits per heavy atom. The number of rotatable bonds is 2. The molecule has 3 aromatic rings. The van der Waals surface area contributed by atoms with E-state index in [1.54, 1.807) is 24.5 Å². The van der Waals surface area contributed by atoms with Gasteiger partial charge in [0.2, 0.25) is 5.91 Å². The van der Waals surface area contributed by atoms with Crippen LogP contribution in [-0.2, 0) is 10.3 Å². The van der Waals surface area contributed by atoms with Gasteiger partial charge in [-0.1, -0.05) is 35.9 Å². The summed E-state index contributed by atoms with van der Waals surface area (Å²) >= 11 is 7.84. The number of carbonyl (C=O) groups excluding carboxylic acids is 1. The van der Waals surface area contributed by atoms with Crippen LogP contribution in [-0.4, -0.2) is 23.8 Å². The quantitative estimate of drug-likeness (QED) is 0.645. The third-order valence-corrected chi connectivity index (χ3v) is 6.86. The van der Waals surface area contributed by atoms with Gasteiger partial charge in [-0.2, -0.15) is 5.26 Å². The van der Waals surface area contributed by atoms with Gasteiger partial charge in [0, 0.05) is 16.6 Å². The van der Waals surface area contributed by atoms with Crippen molar-refractivity contribution in [3.05, 3.63) is 57.9 Å². The van der Waals surface area contributed by atoms with Crippen molar-refractivity contribution < 1.29 is 4.79 Å². The summed E-state index contributed by atoms with van der Waals surface area (Å²) in [5, 5.41) is 21.8. The standard InChI is InChI=1S/C21H17ClN4OS/c1-21(10-18(27)26(2)20(24)25-21)17-9-13-4-3-5-15(19(13)28-17)12-6-7-14(11-23)16(22)8-12/h3-9H,10H2,1-2H3,(H2,24,25)/t21-/m0/s1. The van der Waals surface area contributed by atoms with E-state index in [-0.39, 0.29) is 18.3 Å². The van der Waals surface area contributed by atoms with Crippen molar-refractivity contribution in [1.82, 2.24) is 10.2 Å². The summed E-state index contributed by atoms with van der Waals surface area (Å²) in [4.78, 5) is 14.6. The SMILES string of the molecule is CN1C(=N)N[C@](C)(c2cc3cccc(-c4ccc(C#N)c(Cl)c4)c3s2)CC1=O. The molecule has 1 amide bonds. The normalized spacial score (nSPS) is 19.6. The highest BCUT2D eigenvalue weighted by Crippen LogP contribution is 2.41. The van der Waals surface area contributed by atoms with Crippen LogP contribution in [0.4, 0.5) is 0 Å². The monoisotopic (exact) mass is 408 g/mol. The number of guanidine groups is 1. The van der Waals surface area contributed by atoms with E-state index in [0.717, 1.165) is 26.1 Å². The average molecular weight is 409 g/mol. The molecule has 1 aliphatic heterocycles. The largest absolute Gasteiger partial charge is 0.345 e. The summed E-state index contributed by atoms with van der Waals surface area (Å²) in [6.45, 7) is 1.95. The molecule has 140 valence electrons. The fraction of sp³-hybridized carbons (Fsp3) is 0.190. The summed E-state index contributed by atoms with van der Waals surface area (Å²) in [5.74, 6) is 0.0260. The molecule has 4 rings (SSSR count). The first-order chi connectivity index (χ1) is 13.3. The number of hydrogen-bond donors (Lipinski definition) is 2.